The van der Waals surface area contributed by atoms with E-state index in [1.165, 1.54) is 0 Å². The number of benzene rings is 1. The molecule has 2 heterocycles. The lowest BCUT2D eigenvalue weighted by molar-refractivity contribution is -0.135. The van der Waals surface area contributed by atoms with Crippen LogP contribution in [0, 0.1) is 17.5 Å². The molecule has 0 bridgehead atoms. The van der Waals surface area contributed by atoms with Crippen LogP contribution in [0.4, 0.5) is 13.2 Å². The molecule has 1 atom stereocenters. The number of aromatic amines is 1. The quantitative estimate of drug-likeness (QED) is 0.665. The van der Waals surface area contributed by atoms with E-state index in [-0.39, 0.29) is 29.0 Å². The summed E-state index contributed by atoms with van der Waals surface area (Å²) in [6.07, 6.45) is 0.619. The Morgan fingerprint density at radius 2 is 1.92 bits per heavy atom. The van der Waals surface area contributed by atoms with Crippen LogP contribution in [0.3, 0.4) is 0 Å². The van der Waals surface area contributed by atoms with Gasteiger partial charge < -0.3 is 14.5 Å². The highest BCUT2D eigenvalue weighted by Gasteiger charge is 2.35. The van der Waals surface area contributed by atoms with Gasteiger partial charge in [-0.25, -0.2) is 18.0 Å². The molecular formula is C17H12F3NO5. The summed E-state index contributed by atoms with van der Waals surface area (Å²) in [6.45, 7) is 1.60. The van der Waals surface area contributed by atoms with Gasteiger partial charge in [0.1, 0.15) is 5.56 Å². The molecule has 26 heavy (non-hydrogen) atoms. The Kier molecular flexibility index (Phi) is 4.54. The molecule has 0 aliphatic carbocycles. The van der Waals surface area contributed by atoms with Gasteiger partial charge in [0, 0.05) is 12.1 Å². The number of fused-ring (bicyclic) bond motifs is 1. The molecule has 0 amide bonds. The van der Waals surface area contributed by atoms with E-state index in [1.54, 1.807) is 6.92 Å². The Labute approximate surface area is 144 Å². The van der Waals surface area contributed by atoms with Crippen molar-refractivity contribution < 1.29 is 32.2 Å². The first-order valence-corrected chi connectivity index (χ1v) is 7.61. The summed E-state index contributed by atoms with van der Waals surface area (Å²) in [5.74, 6) is -7.69. The maximum Gasteiger partial charge on any atom is 0.343 e. The van der Waals surface area contributed by atoms with Gasteiger partial charge in [0.25, 0.3) is 5.56 Å². The summed E-state index contributed by atoms with van der Waals surface area (Å²) < 4.78 is 50.3. The van der Waals surface area contributed by atoms with Gasteiger partial charge in [-0.05, 0) is 24.6 Å². The monoisotopic (exact) mass is 367 g/mol. The zero-order valence-corrected chi connectivity index (χ0v) is 13.4. The number of halogens is 3. The molecule has 1 aliphatic rings. The third kappa shape index (κ3) is 2.96. The number of H-pyrrole nitrogens is 1. The number of carbonyl (C=O) groups is 2. The van der Waals surface area contributed by atoms with Crippen LogP contribution < -0.4 is 10.3 Å². The van der Waals surface area contributed by atoms with Gasteiger partial charge in [-0.2, -0.15) is 0 Å². The highest BCUT2D eigenvalue weighted by molar-refractivity contribution is 5.94. The van der Waals surface area contributed by atoms with Crippen LogP contribution in [0.5, 0.6) is 5.75 Å². The smallest absolute Gasteiger partial charge is 0.343 e. The number of nitrogens with one attached hydrogen (secondary N) is 1. The van der Waals surface area contributed by atoms with Crippen LogP contribution in [-0.2, 0) is 9.53 Å². The second-order valence-electron chi connectivity index (χ2n) is 5.52. The van der Waals surface area contributed by atoms with E-state index in [9.17, 15) is 27.6 Å². The predicted octanol–water partition coefficient (Wildman–Crippen LogP) is 2.41. The molecule has 136 valence electrons. The number of aromatic nitrogens is 1. The van der Waals surface area contributed by atoms with E-state index in [0.717, 1.165) is 6.20 Å². The average molecular weight is 367 g/mol. The summed E-state index contributed by atoms with van der Waals surface area (Å²) in [5, 5.41) is 0. The zero-order chi connectivity index (χ0) is 19.0. The number of rotatable bonds is 3. The topological polar surface area (TPSA) is 85.5 Å². The van der Waals surface area contributed by atoms with Gasteiger partial charge in [0.05, 0.1) is 18.6 Å². The second kappa shape index (κ2) is 6.66. The molecule has 9 heteroatoms. The summed E-state index contributed by atoms with van der Waals surface area (Å²) in [6, 6.07) is 1.39. The van der Waals surface area contributed by atoms with Crippen molar-refractivity contribution in [1.82, 2.24) is 4.98 Å². The van der Waals surface area contributed by atoms with Crippen LogP contribution in [0.15, 0.2) is 23.1 Å². The Bertz CT molecular complexity index is 946. The molecule has 0 fully saturated rings. The minimum atomic E-state index is -1.67. The maximum atomic E-state index is 13.6. The number of hydrogen-bond acceptors (Lipinski definition) is 5. The minimum absolute atomic E-state index is 0.0402. The number of pyridine rings is 1. The van der Waals surface area contributed by atoms with Crippen molar-refractivity contribution >= 4 is 11.9 Å². The summed E-state index contributed by atoms with van der Waals surface area (Å²) in [4.78, 5) is 38.5. The lowest BCUT2D eigenvalue weighted by Gasteiger charge is -2.25. The van der Waals surface area contributed by atoms with E-state index in [4.69, 9.17) is 9.47 Å². The van der Waals surface area contributed by atoms with Gasteiger partial charge in [-0.1, -0.05) is 0 Å². The fraction of sp³-hybridized carbons (Fsp3) is 0.235. The fourth-order valence-electron chi connectivity index (χ4n) is 2.80. The zero-order valence-electron chi connectivity index (χ0n) is 13.4. The Morgan fingerprint density at radius 1 is 1.27 bits per heavy atom. The molecule has 1 aromatic heterocycles. The molecule has 0 spiro atoms. The number of esters is 2. The van der Waals surface area contributed by atoms with Crippen LogP contribution in [-0.4, -0.2) is 23.5 Å². The van der Waals surface area contributed by atoms with E-state index in [2.05, 4.69) is 4.98 Å². The average Bonchev–Trinajstić information content (AvgIpc) is 2.58. The van der Waals surface area contributed by atoms with Crippen LogP contribution in [0.2, 0.25) is 0 Å². The van der Waals surface area contributed by atoms with Crippen molar-refractivity contribution in [3.8, 4) is 5.75 Å². The lowest BCUT2D eigenvalue weighted by atomic mass is 9.86. The van der Waals surface area contributed by atoms with Crippen molar-refractivity contribution in [3.63, 3.8) is 0 Å². The molecule has 1 unspecified atom stereocenters. The first-order chi connectivity index (χ1) is 12.3. The molecule has 0 saturated heterocycles. The van der Waals surface area contributed by atoms with Crippen molar-refractivity contribution in [1.29, 1.82) is 0 Å². The molecule has 1 aliphatic heterocycles. The molecule has 3 rings (SSSR count). The predicted molar refractivity (Wildman–Crippen MR) is 81.4 cm³/mol. The summed E-state index contributed by atoms with van der Waals surface area (Å²) in [7, 11) is 0. The second-order valence-corrected chi connectivity index (χ2v) is 5.52. The van der Waals surface area contributed by atoms with Gasteiger partial charge >= 0.3 is 11.9 Å². The minimum Gasteiger partial charge on any atom is -0.462 e. The lowest BCUT2D eigenvalue weighted by Crippen LogP contribution is -2.30. The Balaban J connectivity index is 2.21. The summed E-state index contributed by atoms with van der Waals surface area (Å²) >= 11 is 0. The van der Waals surface area contributed by atoms with Crippen LogP contribution >= 0.6 is 0 Å². The summed E-state index contributed by atoms with van der Waals surface area (Å²) in [5.41, 5.74) is -1.22. The molecule has 2 aromatic rings. The molecule has 1 aromatic carbocycles. The van der Waals surface area contributed by atoms with Crippen molar-refractivity contribution in [2.45, 2.75) is 19.3 Å². The van der Waals surface area contributed by atoms with E-state index in [0.29, 0.717) is 12.1 Å². The highest BCUT2D eigenvalue weighted by atomic mass is 19.2. The van der Waals surface area contributed by atoms with Gasteiger partial charge in [0.2, 0.25) is 0 Å². The Morgan fingerprint density at radius 3 is 2.54 bits per heavy atom. The third-order valence-corrected chi connectivity index (χ3v) is 3.92. The number of carbonyl (C=O) groups excluding carboxylic acids is 2. The first kappa shape index (κ1) is 17.7. The molecular weight excluding hydrogens is 355 g/mol. The molecule has 0 radical (unpaired) electrons. The first-order valence-electron chi connectivity index (χ1n) is 7.61. The maximum absolute atomic E-state index is 13.6. The van der Waals surface area contributed by atoms with Gasteiger partial charge in [-0.15, -0.1) is 0 Å². The van der Waals surface area contributed by atoms with Crippen LogP contribution in [0.1, 0.15) is 40.7 Å². The normalized spacial score (nSPS) is 16.0. The Hall–Kier alpha value is -3.10. The van der Waals surface area contributed by atoms with Crippen molar-refractivity contribution in [2.24, 2.45) is 0 Å². The highest BCUT2D eigenvalue weighted by Crippen LogP contribution is 2.39. The standard InChI is InChI=1S/C17H12F3NO5/c1-2-25-17(24)9-6-21-16(23)13-8(5-12(22)26-15(9)13)7-3-10(18)14(20)11(19)4-7/h3-4,6,8H,2,5H2,1H3,(H,21,23). The van der Waals surface area contributed by atoms with E-state index < -0.39 is 47.3 Å². The van der Waals surface area contributed by atoms with Crippen molar-refractivity contribution in [3.05, 3.63) is 62.8 Å². The number of ether oxygens (including phenoxy) is 2. The third-order valence-electron chi connectivity index (χ3n) is 3.92. The SMILES string of the molecule is CCOC(=O)c1c[nH]c(=O)c2c1OC(=O)CC2c1cc(F)c(F)c(F)c1. The number of hydrogen-bond donors (Lipinski definition) is 1. The van der Waals surface area contributed by atoms with E-state index in [1.807, 2.05) is 0 Å². The molecule has 1 N–H and O–H groups in total. The largest absolute Gasteiger partial charge is 0.462 e. The van der Waals surface area contributed by atoms with Gasteiger partial charge in [-0.3, -0.25) is 9.59 Å². The fourth-order valence-corrected chi connectivity index (χ4v) is 2.80. The van der Waals surface area contributed by atoms with Crippen molar-refractivity contribution in [2.75, 3.05) is 6.61 Å². The molecule has 0 saturated carbocycles. The molecule has 6 nitrogen and oxygen atoms in total. The van der Waals surface area contributed by atoms with E-state index >= 15 is 0 Å². The van der Waals surface area contributed by atoms with Crippen LogP contribution in [0.25, 0.3) is 0 Å². The van der Waals surface area contributed by atoms with Gasteiger partial charge in [0.15, 0.2) is 23.2 Å².